The van der Waals surface area contributed by atoms with Gasteiger partial charge < -0.3 is 5.11 Å². The number of pyridine rings is 1. The molecule has 3 heteroatoms. The van der Waals surface area contributed by atoms with Gasteiger partial charge in [-0.2, -0.15) is 4.57 Å². The third-order valence-electron chi connectivity index (χ3n) is 3.54. The molecule has 2 nitrogen and oxygen atoms in total. The number of halogens is 1. The van der Waals surface area contributed by atoms with Crippen LogP contribution in [0, 0.1) is 5.82 Å². The standard InChI is InChI=1S/C18H14FNO/c1-20-15(10-8-14-4-2-3-5-17(14)20)9-6-13-7-11-18(21)16(19)12-13/h2-12H,1H3/p+1. The lowest BCUT2D eigenvalue weighted by Crippen LogP contribution is -2.32. The van der Waals surface area contributed by atoms with Crippen LogP contribution in [0.1, 0.15) is 11.3 Å². The van der Waals surface area contributed by atoms with Crippen LogP contribution in [-0.2, 0) is 7.05 Å². The van der Waals surface area contributed by atoms with Crippen molar-refractivity contribution in [3.05, 3.63) is 71.7 Å². The van der Waals surface area contributed by atoms with E-state index in [0.29, 0.717) is 5.56 Å². The van der Waals surface area contributed by atoms with Crippen molar-refractivity contribution in [2.45, 2.75) is 0 Å². The van der Waals surface area contributed by atoms with Crippen LogP contribution in [0.15, 0.2) is 54.6 Å². The number of phenols is 1. The number of para-hydroxylation sites is 1. The van der Waals surface area contributed by atoms with Gasteiger partial charge in [-0.05, 0) is 35.9 Å². The third-order valence-corrected chi connectivity index (χ3v) is 3.54. The number of benzene rings is 2. The van der Waals surface area contributed by atoms with E-state index in [1.54, 1.807) is 6.07 Å². The molecule has 0 aliphatic rings. The van der Waals surface area contributed by atoms with E-state index in [0.717, 1.165) is 11.2 Å². The number of hydrogen-bond acceptors (Lipinski definition) is 1. The highest BCUT2D eigenvalue weighted by molar-refractivity contribution is 5.77. The van der Waals surface area contributed by atoms with Crippen molar-refractivity contribution in [2.75, 3.05) is 0 Å². The summed E-state index contributed by atoms with van der Waals surface area (Å²) >= 11 is 0. The Morgan fingerprint density at radius 2 is 1.81 bits per heavy atom. The molecule has 104 valence electrons. The molecular formula is C18H15FNO+. The molecule has 0 atom stereocenters. The molecule has 0 aliphatic heterocycles. The molecule has 0 aliphatic carbocycles. The van der Waals surface area contributed by atoms with Gasteiger partial charge in [-0.25, -0.2) is 4.39 Å². The first-order valence-corrected chi connectivity index (χ1v) is 6.69. The molecule has 1 aromatic heterocycles. The Hall–Kier alpha value is -2.68. The largest absolute Gasteiger partial charge is 0.505 e. The number of phenolic OH excluding ortho intramolecular Hbond substituents is 1. The Morgan fingerprint density at radius 1 is 1.00 bits per heavy atom. The molecule has 0 bridgehead atoms. The van der Waals surface area contributed by atoms with E-state index in [1.807, 2.05) is 37.4 Å². The molecule has 1 N–H and O–H groups in total. The SMILES string of the molecule is C[n+]1c(/C=C/c2ccc(O)c(F)c2)ccc2ccccc21. The summed E-state index contributed by atoms with van der Waals surface area (Å²) in [5, 5.41) is 10.4. The van der Waals surface area contributed by atoms with Crippen molar-refractivity contribution in [1.82, 2.24) is 0 Å². The summed E-state index contributed by atoms with van der Waals surface area (Å²) in [4.78, 5) is 0. The van der Waals surface area contributed by atoms with Crippen molar-refractivity contribution in [3.8, 4) is 5.75 Å². The lowest BCUT2D eigenvalue weighted by molar-refractivity contribution is -0.646. The minimum absolute atomic E-state index is 0.330. The monoisotopic (exact) mass is 280 g/mol. The maximum Gasteiger partial charge on any atom is 0.212 e. The number of hydrogen-bond donors (Lipinski definition) is 1. The van der Waals surface area contributed by atoms with Crippen molar-refractivity contribution in [3.63, 3.8) is 0 Å². The highest BCUT2D eigenvalue weighted by Crippen LogP contribution is 2.18. The maximum atomic E-state index is 13.3. The van der Waals surface area contributed by atoms with Gasteiger partial charge in [-0.3, -0.25) is 0 Å². The molecule has 0 spiro atoms. The summed E-state index contributed by atoms with van der Waals surface area (Å²) < 4.78 is 15.4. The molecule has 21 heavy (non-hydrogen) atoms. The molecule has 0 radical (unpaired) electrons. The van der Waals surface area contributed by atoms with Crippen LogP contribution in [-0.4, -0.2) is 5.11 Å². The highest BCUT2D eigenvalue weighted by Gasteiger charge is 2.08. The summed E-state index contributed by atoms with van der Waals surface area (Å²) in [6.45, 7) is 0. The number of aryl methyl sites for hydroxylation is 1. The first-order chi connectivity index (χ1) is 10.1. The first kappa shape index (κ1) is 13.3. The molecule has 1 heterocycles. The summed E-state index contributed by atoms with van der Waals surface area (Å²) in [5.74, 6) is -0.941. The number of nitrogens with zero attached hydrogens (tertiary/aromatic N) is 1. The average molecular weight is 280 g/mol. The van der Waals surface area contributed by atoms with Crippen LogP contribution >= 0.6 is 0 Å². The lowest BCUT2D eigenvalue weighted by Gasteiger charge is -2.00. The predicted octanol–water partition coefficient (Wildman–Crippen LogP) is 3.68. The smallest absolute Gasteiger partial charge is 0.212 e. The van der Waals surface area contributed by atoms with Gasteiger partial charge in [-0.1, -0.05) is 18.2 Å². The van der Waals surface area contributed by atoms with E-state index < -0.39 is 5.82 Å². The second-order valence-corrected chi connectivity index (χ2v) is 4.92. The summed E-state index contributed by atoms with van der Waals surface area (Å²) in [6, 6.07) is 16.6. The third kappa shape index (κ3) is 2.63. The van der Waals surface area contributed by atoms with Gasteiger partial charge in [-0.15, -0.1) is 0 Å². The number of aromatic nitrogens is 1. The number of aromatic hydroxyl groups is 1. The van der Waals surface area contributed by atoms with E-state index in [4.69, 9.17) is 0 Å². The van der Waals surface area contributed by atoms with Crippen LogP contribution in [0.4, 0.5) is 4.39 Å². The van der Waals surface area contributed by atoms with Gasteiger partial charge in [0, 0.05) is 23.6 Å². The number of fused-ring (bicyclic) bond motifs is 1. The van der Waals surface area contributed by atoms with Gasteiger partial charge in [0.15, 0.2) is 11.6 Å². The van der Waals surface area contributed by atoms with Gasteiger partial charge in [0.1, 0.15) is 7.05 Å². The lowest BCUT2D eigenvalue weighted by atomic mass is 10.1. The van der Waals surface area contributed by atoms with Gasteiger partial charge >= 0.3 is 0 Å². The van der Waals surface area contributed by atoms with Crippen molar-refractivity contribution in [1.29, 1.82) is 0 Å². The van der Waals surface area contributed by atoms with Crippen molar-refractivity contribution in [2.24, 2.45) is 7.05 Å². The predicted molar refractivity (Wildman–Crippen MR) is 82.1 cm³/mol. The molecular weight excluding hydrogens is 265 g/mol. The summed E-state index contributed by atoms with van der Waals surface area (Å²) in [5.41, 5.74) is 2.86. The van der Waals surface area contributed by atoms with E-state index in [9.17, 15) is 9.50 Å². The van der Waals surface area contributed by atoms with Crippen LogP contribution in [0.25, 0.3) is 23.1 Å². The summed E-state index contributed by atoms with van der Waals surface area (Å²) in [6.07, 6.45) is 3.75. The van der Waals surface area contributed by atoms with Crippen LogP contribution < -0.4 is 4.57 Å². The topological polar surface area (TPSA) is 24.1 Å². The van der Waals surface area contributed by atoms with E-state index in [2.05, 4.69) is 22.8 Å². The Balaban J connectivity index is 1.99. The molecule has 3 aromatic rings. The minimum atomic E-state index is -0.611. The van der Waals surface area contributed by atoms with Crippen molar-refractivity contribution < 1.29 is 14.1 Å². The second kappa shape index (κ2) is 5.37. The van der Waals surface area contributed by atoms with Gasteiger partial charge in [0.2, 0.25) is 11.2 Å². The molecule has 2 aromatic carbocycles. The van der Waals surface area contributed by atoms with E-state index >= 15 is 0 Å². The second-order valence-electron chi connectivity index (χ2n) is 4.92. The van der Waals surface area contributed by atoms with E-state index in [-0.39, 0.29) is 5.75 Å². The fourth-order valence-electron chi connectivity index (χ4n) is 2.34. The fraction of sp³-hybridized carbons (Fsp3) is 0.0556. The van der Waals surface area contributed by atoms with Crippen molar-refractivity contribution >= 4 is 23.1 Å². The highest BCUT2D eigenvalue weighted by atomic mass is 19.1. The Labute approximate surface area is 122 Å². The van der Waals surface area contributed by atoms with Crippen LogP contribution in [0.2, 0.25) is 0 Å². The molecule has 0 unspecified atom stereocenters. The maximum absolute atomic E-state index is 13.3. The zero-order valence-corrected chi connectivity index (χ0v) is 11.6. The number of rotatable bonds is 2. The Bertz CT molecular complexity index is 840. The van der Waals surface area contributed by atoms with Gasteiger partial charge in [0.05, 0.1) is 0 Å². The van der Waals surface area contributed by atoms with Crippen LogP contribution in [0.5, 0.6) is 5.75 Å². The molecule has 0 amide bonds. The molecule has 0 saturated heterocycles. The van der Waals surface area contributed by atoms with Crippen LogP contribution in [0.3, 0.4) is 0 Å². The van der Waals surface area contributed by atoms with Gasteiger partial charge in [0.25, 0.3) is 0 Å². The molecule has 0 saturated carbocycles. The minimum Gasteiger partial charge on any atom is -0.505 e. The quantitative estimate of drug-likeness (QED) is 0.711. The molecule has 3 rings (SSSR count). The molecule has 0 fully saturated rings. The summed E-state index contributed by atoms with van der Waals surface area (Å²) in [7, 11) is 2.00. The Kier molecular flexibility index (Phi) is 3.40. The first-order valence-electron chi connectivity index (χ1n) is 6.69. The fourth-order valence-corrected chi connectivity index (χ4v) is 2.34. The Morgan fingerprint density at radius 3 is 2.62 bits per heavy atom. The normalized spacial score (nSPS) is 11.3. The zero-order valence-electron chi connectivity index (χ0n) is 11.6. The zero-order chi connectivity index (χ0) is 14.8. The van der Waals surface area contributed by atoms with E-state index in [1.165, 1.54) is 17.5 Å². The average Bonchev–Trinajstić information content (AvgIpc) is 2.50.